The summed E-state index contributed by atoms with van der Waals surface area (Å²) in [6.07, 6.45) is 0. The molecule has 0 spiro atoms. The SMILES string of the molecule is CCNS(=O)(=O)N(CC(=O)O)c1ccccc1N. The molecule has 0 aliphatic heterocycles. The second kappa shape index (κ2) is 5.69. The van der Waals surface area contributed by atoms with Crippen LogP contribution in [0.5, 0.6) is 0 Å². The number of carbonyl (C=O) groups is 1. The van der Waals surface area contributed by atoms with E-state index in [1.54, 1.807) is 19.1 Å². The Hall–Kier alpha value is -1.80. The molecule has 0 amide bonds. The molecule has 4 N–H and O–H groups in total. The summed E-state index contributed by atoms with van der Waals surface area (Å²) in [6.45, 7) is 1.07. The summed E-state index contributed by atoms with van der Waals surface area (Å²) in [5.41, 5.74) is 6.00. The van der Waals surface area contributed by atoms with Gasteiger partial charge in [-0.3, -0.25) is 4.79 Å². The number of carboxylic acid groups (broad SMARTS) is 1. The highest BCUT2D eigenvalue weighted by Gasteiger charge is 2.25. The maximum atomic E-state index is 11.9. The lowest BCUT2D eigenvalue weighted by Gasteiger charge is -2.23. The fraction of sp³-hybridized carbons (Fsp3) is 0.300. The normalized spacial score (nSPS) is 11.2. The first-order valence-electron chi connectivity index (χ1n) is 5.22. The zero-order valence-corrected chi connectivity index (χ0v) is 10.6. The number of nitrogen functional groups attached to an aromatic ring is 1. The molecule has 8 heteroatoms. The van der Waals surface area contributed by atoms with Gasteiger partial charge in [-0.25, -0.2) is 4.31 Å². The molecule has 0 saturated carbocycles. The predicted octanol–water partition coefficient (Wildman–Crippen LogP) is 0.0141. The molecule has 0 atom stereocenters. The smallest absolute Gasteiger partial charge is 0.324 e. The van der Waals surface area contributed by atoms with Gasteiger partial charge in [0, 0.05) is 6.54 Å². The molecule has 1 aromatic rings. The minimum absolute atomic E-state index is 0.140. The average molecular weight is 273 g/mol. The molecule has 1 rings (SSSR count). The summed E-state index contributed by atoms with van der Waals surface area (Å²) in [5.74, 6) is -1.26. The molecular formula is C10H15N3O4S. The molecule has 7 nitrogen and oxygen atoms in total. The van der Waals surface area contributed by atoms with Gasteiger partial charge in [0.05, 0.1) is 11.4 Å². The number of rotatable bonds is 6. The monoisotopic (exact) mass is 273 g/mol. The van der Waals surface area contributed by atoms with E-state index in [9.17, 15) is 13.2 Å². The van der Waals surface area contributed by atoms with E-state index in [0.29, 0.717) is 0 Å². The Morgan fingerprint density at radius 2 is 2.06 bits per heavy atom. The minimum atomic E-state index is -3.92. The molecule has 0 fully saturated rings. The summed E-state index contributed by atoms with van der Waals surface area (Å²) in [7, 11) is -3.92. The number of nitrogens with zero attached hydrogens (tertiary/aromatic N) is 1. The Balaban J connectivity index is 3.22. The predicted molar refractivity (Wildman–Crippen MR) is 68.4 cm³/mol. The van der Waals surface area contributed by atoms with Gasteiger partial charge in [-0.15, -0.1) is 0 Å². The van der Waals surface area contributed by atoms with E-state index >= 15 is 0 Å². The van der Waals surface area contributed by atoms with Crippen molar-refractivity contribution in [3.05, 3.63) is 24.3 Å². The zero-order chi connectivity index (χ0) is 13.8. The van der Waals surface area contributed by atoms with Crippen molar-refractivity contribution in [2.24, 2.45) is 0 Å². The van der Waals surface area contributed by atoms with Crippen molar-refractivity contribution in [3.8, 4) is 0 Å². The lowest BCUT2D eigenvalue weighted by atomic mass is 10.3. The Morgan fingerprint density at radius 3 is 2.56 bits per heavy atom. The van der Waals surface area contributed by atoms with Crippen molar-refractivity contribution in [2.45, 2.75) is 6.92 Å². The molecule has 0 unspecified atom stereocenters. The third kappa shape index (κ3) is 3.34. The number of carboxylic acids is 1. The Bertz CT molecular complexity index is 530. The van der Waals surface area contributed by atoms with Gasteiger partial charge in [-0.2, -0.15) is 13.1 Å². The number of aliphatic carboxylic acids is 1. The summed E-state index contributed by atoms with van der Waals surface area (Å²) in [5, 5.41) is 8.79. The molecule has 0 bridgehead atoms. The lowest BCUT2D eigenvalue weighted by Crippen LogP contribution is -2.43. The summed E-state index contributed by atoms with van der Waals surface area (Å²) in [4.78, 5) is 10.8. The largest absolute Gasteiger partial charge is 0.480 e. The van der Waals surface area contributed by atoms with Gasteiger partial charge >= 0.3 is 16.2 Å². The van der Waals surface area contributed by atoms with Gasteiger partial charge in [-0.05, 0) is 12.1 Å². The molecule has 100 valence electrons. The molecule has 1 aromatic carbocycles. The maximum Gasteiger partial charge on any atom is 0.324 e. The highest BCUT2D eigenvalue weighted by Crippen LogP contribution is 2.24. The van der Waals surface area contributed by atoms with Crippen molar-refractivity contribution in [1.29, 1.82) is 0 Å². The number of hydrogen-bond donors (Lipinski definition) is 3. The molecule has 0 heterocycles. The van der Waals surface area contributed by atoms with Crippen molar-refractivity contribution < 1.29 is 18.3 Å². The zero-order valence-electron chi connectivity index (χ0n) is 9.83. The highest BCUT2D eigenvalue weighted by atomic mass is 32.2. The van der Waals surface area contributed by atoms with Gasteiger partial charge in [0.1, 0.15) is 6.54 Å². The Labute approximate surface area is 105 Å². The van der Waals surface area contributed by atoms with Gasteiger partial charge in [-0.1, -0.05) is 19.1 Å². The van der Waals surface area contributed by atoms with E-state index < -0.39 is 22.7 Å². The molecule has 0 aliphatic rings. The van der Waals surface area contributed by atoms with Crippen LogP contribution in [0.25, 0.3) is 0 Å². The Morgan fingerprint density at radius 1 is 1.44 bits per heavy atom. The molecule has 0 saturated heterocycles. The quantitative estimate of drug-likeness (QED) is 0.632. The van der Waals surface area contributed by atoms with Crippen LogP contribution in [0.4, 0.5) is 11.4 Å². The number of anilines is 2. The van der Waals surface area contributed by atoms with E-state index in [-0.39, 0.29) is 17.9 Å². The second-order valence-electron chi connectivity index (χ2n) is 3.46. The number of benzene rings is 1. The summed E-state index contributed by atoms with van der Waals surface area (Å²) in [6, 6.07) is 6.18. The van der Waals surface area contributed by atoms with Crippen molar-refractivity contribution in [1.82, 2.24) is 4.72 Å². The van der Waals surface area contributed by atoms with E-state index in [2.05, 4.69) is 4.72 Å². The van der Waals surface area contributed by atoms with Crippen molar-refractivity contribution in [2.75, 3.05) is 23.1 Å². The lowest BCUT2D eigenvalue weighted by molar-refractivity contribution is -0.135. The van der Waals surface area contributed by atoms with Crippen LogP contribution in [0.3, 0.4) is 0 Å². The van der Waals surface area contributed by atoms with Crippen LogP contribution in [-0.4, -0.2) is 32.6 Å². The second-order valence-corrected chi connectivity index (χ2v) is 5.14. The molecule has 0 aliphatic carbocycles. The summed E-state index contributed by atoms with van der Waals surface area (Å²) < 4.78 is 26.8. The van der Waals surface area contributed by atoms with Crippen LogP contribution >= 0.6 is 0 Å². The highest BCUT2D eigenvalue weighted by molar-refractivity contribution is 7.90. The molecule has 0 radical (unpaired) electrons. The Kier molecular flexibility index (Phi) is 4.51. The molecule has 0 aromatic heterocycles. The molecule has 18 heavy (non-hydrogen) atoms. The third-order valence-electron chi connectivity index (χ3n) is 2.10. The number of nitrogens with one attached hydrogen (secondary N) is 1. The van der Waals surface area contributed by atoms with Crippen LogP contribution in [0.1, 0.15) is 6.92 Å². The number of nitrogens with two attached hydrogens (primary N) is 1. The van der Waals surface area contributed by atoms with Gasteiger partial charge < -0.3 is 10.8 Å². The van der Waals surface area contributed by atoms with Gasteiger partial charge in [0.15, 0.2) is 0 Å². The first-order chi connectivity index (χ1) is 8.38. The first kappa shape index (κ1) is 14.3. The average Bonchev–Trinajstić information content (AvgIpc) is 2.26. The third-order valence-corrected chi connectivity index (χ3v) is 3.66. The van der Waals surface area contributed by atoms with E-state index in [1.807, 2.05) is 0 Å². The van der Waals surface area contributed by atoms with Crippen LogP contribution in [0.15, 0.2) is 24.3 Å². The van der Waals surface area contributed by atoms with Crippen LogP contribution < -0.4 is 14.8 Å². The first-order valence-corrected chi connectivity index (χ1v) is 6.66. The fourth-order valence-electron chi connectivity index (χ4n) is 1.40. The van der Waals surface area contributed by atoms with Crippen molar-refractivity contribution >= 4 is 27.6 Å². The van der Waals surface area contributed by atoms with Gasteiger partial charge in [0.25, 0.3) is 0 Å². The molecular weight excluding hydrogens is 258 g/mol. The van der Waals surface area contributed by atoms with E-state index in [1.165, 1.54) is 12.1 Å². The van der Waals surface area contributed by atoms with E-state index in [0.717, 1.165) is 4.31 Å². The van der Waals surface area contributed by atoms with Gasteiger partial charge in [0.2, 0.25) is 0 Å². The topological polar surface area (TPSA) is 113 Å². The van der Waals surface area contributed by atoms with Crippen LogP contribution in [0, 0.1) is 0 Å². The number of para-hydroxylation sites is 2. The number of hydrogen-bond acceptors (Lipinski definition) is 4. The maximum absolute atomic E-state index is 11.9. The van der Waals surface area contributed by atoms with E-state index in [4.69, 9.17) is 10.8 Å². The van der Waals surface area contributed by atoms with Crippen molar-refractivity contribution in [3.63, 3.8) is 0 Å². The minimum Gasteiger partial charge on any atom is -0.480 e. The fourth-order valence-corrected chi connectivity index (χ4v) is 2.62. The van der Waals surface area contributed by atoms with Crippen LogP contribution in [-0.2, 0) is 15.0 Å². The standard InChI is InChI=1S/C10H15N3O4S/c1-2-12-18(16,17)13(7-10(14)15)9-6-4-3-5-8(9)11/h3-6,12H,2,7,11H2,1H3,(H,14,15). The van der Waals surface area contributed by atoms with Crippen LogP contribution in [0.2, 0.25) is 0 Å². The summed E-state index contributed by atoms with van der Waals surface area (Å²) >= 11 is 0.